The standard InChI is InChI=1S/C27H36N4O2/c1-18-21-16-20(33-5)9-10-22(21)29-24(18)17-31-14-11-19(12-15-31)25(23-8-6-7-13-28-23)30-26(32)27(2,3)4/h6-10,13,16,19,25,29H,11-12,14-15,17H2,1-5H3,(H,30,32)/t25-/m1/s1. The Morgan fingerprint density at radius 2 is 2.00 bits per heavy atom. The van der Waals surface area contributed by atoms with Gasteiger partial charge in [0, 0.05) is 34.8 Å². The Balaban J connectivity index is 1.45. The normalized spacial score (nSPS) is 16.6. The van der Waals surface area contributed by atoms with Gasteiger partial charge in [-0.05, 0) is 74.7 Å². The fraction of sp³-hybridized carbons (Fsp3) is 0.481. The number of likely N-dealkylation sites (tertiary alicyclic amines) is 1. The van der Waals surface area contributed by atoms with Gasteiger partial charge < -0.3 is 15.0 Å². The first kappa shape index (κ1) is 23.3. The average Bonchev–Trinajstić information content (AvgIpc) is 3.12. The number of nitrogens with one attached hydrogen (secondary N) is 2. The first-order valence-corrected chi connectivity index (χ1v) is 11.9. The van der Waals surface area contributed by atoms with Gasteiger partial charge in [0.05, 0.1) is 18.8 Å². The van der Waals surface area contributed by atoms with Crippen LogP contribution in [0.2, 0.25) is 0 Å². The predicted octanol–water partition coefficient (Wildman–Crippen LogP) is 5.00. The minimum Gasteiger partial charge on any atom is -0.497 e. The number of aromatic amines is 1. The summed E-state index contributed by atoms with van der Waals surface area (Å²) in [7, 11) is 1.70. The van der Waals surface area contributed by atoms with Crippen LogP contribution < -0.4 is 10.1 Å². The van der Waals surface area contributed by atoms with Crippen LogP contribution in [0.15, 0.2) is 42.6 Å². The molecule has 33 heavy (non-hydrogen) atoms. The Labute approximate surface area is 196 Å². The van der Waals surface area contributed by atoms with Crippen molar-refractivity contribution in [3.05, 3.63) is 59.5 Å². The zero-order chi connectivity index (χ0) is 23.6. The van der Waals surface area contributed by atoms with Crippen molar-refractivity contribution < 1.29 is 9.53 Å². The van der Waals surface area contributed by atoms with Gasteiger partial charge in [0.2, 0.25) is 5.91 Å². The highest BCUT2D eigenvalue weighted by Crippen LogP contribution is 2.33. The van der Waals surface area contributed by atoms with Crippen molar-refractivity contribution in [3.8, 4) is 5.75 Å². The van der Waals surface area contributed by atoms with Crippen molar-refractivity contribution in [1.82, 2.24) is 20.2 Å². The zero-order valence-corrected chi connectivity index (χ0v) is 20.4. The van der Waals surface area contributed by atoms with Crippen molar-refractivity contribution in [2.75, 3.05) is 20.2 Å². The Hall–Kier alpha value is -2.86. The topological polar surface area (TPSA) is 70.2 Å². The van der Waals surface area contributed by atoms with Gasteiger partial charge in [0.25, 0.3) is 0 Å². The third-order valence-electron chi connectivity index (χ3n) is 6.83. The molecule has 6 nitrogen and oxygen atoms in total. The molecule has 1 aliphatic rings. The molecule has 176 valence electrons. The van der Waals surface area contributed by atoms with Crippen molar-refractivity contribution in [2.45, 2.75) is 53.1 Å². The lowest BCUT2D eigenvalue weighted by molar-refractivity contribution is -0.129. The number of rotatable bonds is 6. The van der Waals surface area contributed by atoms with Crippen LogP contribution in [0.3, 0.4) is 0 Å². The summed E-state index contributed by atoms with van der Waals surface area (Å²) in [5, 5.41) is 4.53. The fourth-order valence-corrected chi connectivity index (χ4v) is 4.67. The highest BCUT2D eigenvalue weighted by Gasteiger charge is 2.32. The number of piperidine rings is 1. The van der Waals surface area contributed by atoms with E-state index < -0.39 is 5.41 Å². The van der Waals surface area contributed by atoms with Gasteiger partial charge in [-0.15, -0.1) is 0 Å². The molecule has 4 rings (SSSR count). The summed E-state index contributed by atoms with van der Waals surface area (Å²) in [5.74, 6) is 1.33. The Bertz CT molecular complexity index is 1090. The highest BCUT2D eigenvalue weighted by atomic mass is 16.5. The molecule has 1 amide bonds. The van der Waals surface area contributed by atoms with E-state index >= 15 is 0 Å². The van der Waals surface area contributed by atoms with Crippen molar-refractivity contribution in [3.63, 3.8) is 0 Å². The van der Waals surface area contributed by atoms with E-state index in [1.807, 2.05) is 51.2 Å². The van der Waals surface area contributed by atoms with Gasteiger partial charge in [-0.2, -0.15) is 0 Å². The number of carbonyl (C=O) groups excluding carboxylic acids is 1. The minimum absolute atomic E-state index is 0.0534. The van der Waals surface area contributed by atoms with Gasteiger partial charge in [-0.1, -0.05) is 26.8 Å². The van der Waals surface area contributed by atoms with Crippen LogP contribution in [0.1, 0.15) is 56.6 Å². The number of aryl methyl sites for hydroxylation is 1. The van der Waals surface area contributed by atoms with Crippen LogP contribution in [-0.4, -0.2) is 41.0 Å². The van der Waals surface area contributed by atoms with E-state index in [9.17, 15) is 4.79 Å². The van der Waals surface area contributed by atoms with E-state index in [0.717, 1.165) is 49.4 Å². The molecule has 2 N–H and O–H groups in total. The van der Waals surface area contributed by atoms with Crippen LogP contribution in [0.25, 0.3) is 10.9 Å². The molecular weight excluding hydrogens is 412 g/mol. The number of aromatic nitrogens is 2. The summed E-state index contributed by atoms with van der Waals surface area (Å²) in [5.41, 5.74) is 4.23. The third-order valence-corrected chi connectivity index (χ3v) is 6.83. The number of hydrogen-bond donors (Lipinski definition) is 2. The van der Waals surface area contributed by atoms with E-state index in [4.69, 9.17) is 4.74 Å². The van der Waals surface area contributed by atoms with Crippen LogP contribution in [0.4, 0.5) is 0 Å². The summed E-state index contributed by atoms with van der Waals surface area (Å²) in [6.45, 7) is 10.9. The number of fused-ring (bicyclic) bond motifs is 1. The number of hydrogen-bond acceptors (Lipinski definition) is 4. The van der Waals surface area contributed by atoms with Gasteiger partial charge in [0.1, 0.15) is 5.75 Å². The van der Waals surface area contributed by atoms with Crippen LogP contribution in [0.5, 0.6) is 5.75 Å². The Kier molecular flexibility index (Phi) is 6.75. The largest absolute Gasteiger partial charge is 0.497 e. The minimum atomic E-state index is -0.427. The summed E-state index contributed by atoms with van der Waals surface area (Å²) in [6.07, 6.45) is 3.87. The Morgan fingerprint density at radius 3 is 2.64 bits per heavy atom. The lowest BCUT2D eigenvalue weighted by atomic mass is 9.85. The van der Waals surface area contributed by atoms with Crippen molar-refractivity contribution >= 4 is 16.8 Å². The van der Waals surface area contributed by atoms with Gasteiger partial charge in [0.15, 0.2) is 0 Å². The molecule has 0 saturated carbocycles. The number of carbonyl (C=O) groups is 1. The van der Waals surface area contributed by atoms with Crippen LogP contribution in [-0.2, 0) is 11.3 Å². The van der Waals surface area contributed by atoms with Gasteiger partial charge >= 0.3 is 0 Å². The zero-order valence-electron chi connectivity index (χ0n) is 20.4. The molecular formula is C27H36N4O2. The average molecular weight is 449 g/mol. The molecule has 0 spiro atoms. The SMILES string of the molecule is COc1ccc2[nH]c(CN3CCC([C@@H](NC(=O)C(C)(C)C)c4ccccn4)CC3)c(C)c2c1. The molecule has 0 bridgehead atoms. The second kappa shape index (κ2) is 9.56. The maximum Gasteiger partial charge on any atom is 0.225 e. The molecule has 6 heteroatoms. The molecule has 1 aliphatic heterocycles. The van der Waals surface area contributed by atoms with Crippen molar-refractivity contribution in [1.29, 1.82) is 0 Å². The molecule has 1 aromatic carbocycles. The molecule has 0 unspecified atom stereocenters. The van der Waals surface area contributed by atoms with E-state index in [1.165, 1.54) is 16.6 Å². The maximum absolute atomic E-state index is 12.8. The maximum atomic E-state index is 12.8. The molecule has 1 atom stereocenters. The lowest BCUT2D eigenvalue weighted by Crippen LogP contribution is -2.44. The number of nitrogens with zero attached hydrogens (tertiary/aromatic N) is 2. The smallest absolute Gasteiger partial charge is 0.225 e. The summed E-state index contributed by atoms with van der Waals surface area (Å²) >= 11 is 0. The number of pyridine rings is 1. The molecule has 0 aliphatic carbocycles. The first-order valence-electron chi connectivity index (χ1n) is 11.9. The number of ether oxygens (including phenoxy) is 1. The Morgan fingerprint density at radius 1 is 1.24 bits per heavy atom. The second-order valence-electron chi connectivity index (χ2n) is 10.2. The number of H-pyrrole nitrogens is 1. The quantitative estimate of drug-likeness (QED) is 0.557. The fourth-order valence-electron chi connectivity index (χ4n) is 4.67. The molecule has 0 radical (unpaired) electrons. The number of amides is 1. The van der Waals surface area contributed by atoms with Crippen LogP contribution >= 0.6 is 0 Å². The number of benzene rings is 1. The summed E-state index contributed by atoms with van der Waals surface area (Å²) in [4.78, 5) is 23.5. The first-order chi connectivity index (χ1) is 15.8. The van der Waals surface area contributed by atoms with E-state index in [-0.39, 0.29) is 11.9 Å². The predicted molar refractivity (Wildman–Crippen MR) is 132 cm³/mol. The highest BCUT2D eigenvalue weighted by molar-refractivity contribution is 5.85. The molecule has 1 fully saturated rings. The van der Waals surface area contributed by atoms with Crippen LogP contribution in [0, 0.1) is 18.3 Å². The molecule has 1 saturated heterocycles. The number of methoxy groups -OCH3 is 1. The van der Waals surface area contributed by atoms with Gasteiger partial charge in [-0.3, -0.25) is 14.7 Å². The van der Waals surface area contributed by atoms with E-state index in [2.05, 4.69) is 39.2 Å². The van der Waals surface area contributed by atoms with Crippen molar-refractivity contribution in [2.24, 2.45) is 11.3 Å². The molecule has 2 aromatic heterocycles. The van der Waals surface area contributed by atoms with Gasteiger partial charge in [-0.25, -0.2) is 0 Å². The molecule has 3 aromatic rings. The monoisotopic (exact) mass is 448 g/mol. The van der Waals surface area contributed by atoms with E-state index in [1.54, 1.807) is 7.11 Å². The summed E-state index contributed by atoms with van der Waals surface area (Å²) in [6, 6.07) is 12.1. The van der Waals surface area contributed by atoms with E-state index in [0.29, 0.717) is 5.92 Å². The third kappa shape index (κ3) is 5.22. The molecule has 3 heterocycles. The lowest BCUT2D eigenvalue weighted by Gasteiger charge is -2.37. The second-order valence-corrected chi connectivity index (χ2v) is 10.2. The summed E-state index contributed by atoms with van der Waals surface area (Å²) < 4.78 is 5.40.